The van der Waals surface area contributed by atoms with Crippen LogP contribution in [-0.4, -0.2) is 25.0 Å². The highest BCUT2D eigenvalue weighted by Gasteiger charge is 2.40. The maximum atomic E-state index is 13.9. The molecule has 2 aliphatic rings. The lowest BCUT2D eigenvalue weighted by atomic mass is 10.0. The largest absolute Gasteiger partial charge is 0.486 e. The van der Waals surface area contributed by atoms with Gasteiger partial charge in [-0.15, -0.1) is 0 Å². The Morgan fingerprint density at radius 2 is 1.55 bits per heavy atom. The van der Waals surface area contributed by atoms with Crippen LogP contribution in [0.3, 0.4) is 0 Å². The lowest BCUT2D eigenvalue weighted by Gasteiger charge is -2.19. The first-order valence-electron chi connectivity index (χ1n) is 10.2. The summed E-state index contributed by atoms with van der Waals surface area (Å²) in [5.41, 5.74) is 2.09. The van der Waals surface area contributed by atoms with Gasteiger partial charge in [0.05, 0.1) is 11.3 Å². The van der Waals surface area contributed by atoms with Crippen molar-refractivity contribution in [3.05, 3.63) is 89.1 Å². The Kier molecular flexibility index (Phi) is 5.05. The SMILES string of the molecule is Cc1ccc(C2=C(Nc3ccc4c(c3)OCCO4)C(=O)N(c3ccc(F)c(F)c3)C2=O)cc1. The summed E-state index contributed by atoms with van der Waals surface area (Å²) in [7, 11) is 0. The van der Waals surface area contributed by atoms with Gasteiger partial charge in [-0.3, -0.25) is 9.59 Å². The minimum Gasteiger partial charge on any atom is -0.486 e. The van der Waals surface area contributed by atoms with Gasteiger partial charge in [0.25, 0.3) is 11.8 Å². The average Bonchev–Trinajstić information content (AvgIpc) is 3.05. The number of hydrogen-bond donors (Lipinski definition) is 1. The number of carbonyl (C=O) groups is 2. The predicted octanol–water partition coefficient (Wildman–Crippen LogP) is 4.44. The molecule has 166 valence electrons. The van der Waals surface area contributed by atoms with Crippen LogP contribution in [0.15, 0.2) is 66.4 Å². The summed E-state index contributed by atoms with van der Waals surface area (Å²) < 4.78 is 38.4. The number of carbonyl (C=O) groups excluding carboxylic acids is 2. The van der Waals surface area contributed by atoms with Gasteiger partial charge >= 0.3 is 0 Å². The van der Waals surface area contributed by atoms with E-state index >= 15 is 0 Å². The molecule has 0 aromatic heterocycles. The molecular formula is C25H18F2N2O4. The fourth-order valence-corrected chi connectivity index (χ4v) is 3.76. The molecule has 0 saturated carbocycles. The molecule has 0 radical (unpaired) electrons. The van der Waals surface area contributed by atoms with E-state index in [1.807, 2.05) is 19.1 Å². The number of fused-ring (bicyclic) bond motifs is 1. The highest BCUT2D eigenvalue weighted by atomic mass is 19.2. The van der Waals surface area contributed by atoms with E-state index in [1.165, 1.54) is 6.07 Å². The fraction of sp³-hybridized carbons (Fsp3) is 0.120. The number of nitrogens with one attached hydrogen (secondary N) is 1. The Morgan fingerprint density at radius 3 is 2.27 bits per heavy atom. The summed E-state index contributed by atoms with van der Waals surface area (Å²) in [6.07, 6.45) is 0. The lowest BCUT2D eigenvalue weighted by Crippen LogP contribution is -2.32. The topological polar surface area (TPSA) is 67.9 Å². The molecule has 33 heavy (non-hydrogen) atoms. The van der Waals surface area contributed by atoms with Gasteiger partial charge in [-0.05, 0) is 36.8 Å². The van der Waals surface area contributed by atoms with Gasteiger partial charge in [0.2, 0.25) is 0 Å². The molecule has 1 N–H and O–H groups in total. The van der Waals surface area contributed by atoms with Crippen molar-refractivity contribution in [2.24, 2.45) is 0 Å². The summed E-state index contributed by atoms with van der Waals surface area (Å²) in [4.78, 5) is 27.6. The van der Waals surface area contributed by atoms with E-state index in [-0.39, 0.29) is 17.0 Å². The van der Waals surface area contributed by atoms with Crippen LogP contribution in [0.1, 0.15) is 11.1 Å². The molecule has 8 heteroatoms. The van der Waals surface area contributed by atoms with Gasteiger partial charge < -0.3 is 14.8 Å². The average molecular weight is 448 g/mol. The number of hydrogen-bond acceptors (Lipinski definition) is 5. The third-order valence-electron chi connectivity index (χ3n) is 5.40. The van der Waals surface area contributed by atoms with Gasteiger partial charge in [-0.2, -0.15) is 0 Å². The number of benzene rings is 3. The van der Waals surface area contributed by atoms with Crippen molar-refractivity contribution in [3.63, 3.8) is 0 Å². The summed E-state index contributed by atoms with van der Waals surface area (Å²) in [6.45, 7) is 2.75. The molecule has 2 aliphatic heterocycles. The first kappa shape index (κ1) is 20.7. The maximum absolute atomic E-state index is 13.9. The number of amides is 2. The number of imide groups is 1. The molecule has 0 saturated heterocycles. The Balaban J connectivity index is 1.58. The summed E-state index contributed by atoms with van der Waals surface area (Å²) >= 11 is 0. The first-order chi connectivity index (χ1) is 15.9. The van der Waals surface area contributed by atoms with Crippen molar-refractivity contribution < 1.29 is 27.8 Å². The van der Waals surface area contributed by atoms with Crippen molar-refractivity contribution in [1.82, 2.24) is 0 Å². The third-order valence-corrected chi connectivity index (χ3v) is 5.40. The molecular weight excluding hydrogens is 430 g/mol. The fourth-order valence-electron chi connectivity index (χ4n) is 3.76. The molecule has 0 atom stereocenters. The number of ether oxygens (including phenoxy) is 2. The molecule has 2 heterocycles. The van der Waals surface area contributed by atoms with Gasteiger partial charge in [-0.25, -0.2) is 13.7 Å². The van der Waals surface area contributed by atoms with E-state index in [0.29, 0.717) is 36.0 Å². The quantitative estimate of drug-likeness (QED) is 0.598. The molecule has 3 aromatic carbocycles. The van der Waals surface area contributed by atoms with Crippen molar-refractivity contribution in [1.29, 1.82) is 0 Å². The van der Waals surface area contributed by atoms with Crippen LogP contribution in [-0.2, 0) is 9.59 Å². The normalized spacial score (nSPS) is 15.3. The molecule has 6 nitrogen and oxygen atoms in total. The van der Waals surface area contributed by atoms with E-state index in [9.17, 15) is 18.4 Å². The predicted molar refractivity (Wildman–Crippen MR) is 118 cm³/mol. The summed E-state index contributed by atoms with van der Waals surface area (Å²) in [5.74, 6) is -2.46. The molecule has 3 aromatic rings. The zero-order valence-electron chi connectivity index (χ0n) is 17.5. The monoisotopic (exact) mass is 448 g/mol. The standard InChI is InChI=1S/C25H18F2N2O4/c1-14-2-4-15(5-3-14)22-23(28-16-6-9-20-21(12-16)33-11-10-32-20)25(31)29(24(22)30)17-7-8-18(26)19(27)13-17/h2-9,12-13,28H,10-11H2,1H3. The third kappa shape index (κ3) is 3.69. The van der Waals surface area contributed by atoms with Crippen molar-refractivity contribution in [2.75, 3.05) is 23.4 Å². The van der Waals surface area contributed by atoms with Crippen LogP contribution in [0.5, 0.6) is 11.5 Å². The smallest absolute Gasteiger partial charge is 0.282 e. The second-order valence-corrected chi connectivity index (χ2v) is 7.64. The molecule has 0 spiro atoms. The minimum atomic E-state index is -1.15. The number of anilines is 2. The van der Waals surface area contributed by atoms with Crippen LogP contribution in [0.2, 0.25) is 0 Å². The highest BCUT2D eigenvalue weighted by molar-refractivity contribution is 6.46. The Morgan fingerprint density at radius 1 is 0.818 bits per heavy atom. The second-order valence-electron chi connectivity index (χ2n) is 7.64. The minimum absolute atomic E-state index is 0.0188. The van der Waals surface area contributed by atoms with Crippen molar-refractivity contribution in [3.8, 4) is 11.5 Å². The van der Waals surface area contributed by atoms with Gasteiger partial charge in [0.15, 0.2) is 23.1 Å². The van der Waals surface area contributed by atoms with E-state index in [0.717, 1.165) is 22.6 Å². The highest BCUT2D eigenvalue weighted by Crippen LogP contribution is 2.37. The van der Waals surface area contributed by atoms with Crippen LogP contribution < -0.4 is 19.7 Å². The molecule has 0 fully saturated rings. The van der Waals surface area contributed by atoms with Crippen molar-refractivity contribution in [2.45, 2.75) is 6.92 Å². The second kappa shape index (κ2) is 8.05. The zero-order valence-corrected chi connectivity index (χ0v) is 17.5. The van der Waals surface area contributed by atoms with E-state index in [1.54, 1.807) is 30.3 Å². The van der Waals surface area contributed by atoms with Crippen LogP contribution in [0.4, 0.5) is 20.2 Å². The molecule has 0 bridgehead atoms. The zero-order chi connectivity index (χ0) is 23.1. The van der Waals surface area contributed by atoms with E-state index < -0.39 is 23.4 Å². The number of halogens is 2. The number of nitrogens with zero attached hydrogens (tertiary/aromatic N) is 1. The Hall–Kier alpha value is -4.20. The Bertz CT molecular complexity index is 1320. The number of rotatable bonds is 4. The van der Waals surface area contributed by atoms with Crippen LogP contribution in [0.25, 0.3) is 5.57 Å². The number of aryl methyl sites for hydroxylation is 1. The molecule has 5 rings (SSSR count). The van der Waals surface area contributed by atoms with Crippen molar-refractivity contribution >= 4 is 28.8 Å². The molecule has 0 aliphatic carbocycles. The first-order valence-corrected chi connectivity index (χ1v) is 10.2. The summed E-state index contributed by atoms with van der Waals surface area (Å²) in [6, 6.07) is 15.1. The summed E-state index contributed by atoms with van der Waals surface area (Å²) in [5, 5.41) is 3.02. The van der Waals surface area contributed by atoms with E-state index in [2.05, 4.69) is 5.32 Å². The molecule has 2 amide bonds. The molecule has 0 unspecified atom stereocenters. The maximum Gasteiger partial charge on any atom is 0.282 e. The van der Waals surface area contributed by atoms with E-state index in [4.69, 9.17) is 9.47 Å². The van der Waals surface area contributed by atoms with Gasteiger partial charge in [0, 0.05) is 17.8 Å². The lowest BCUT2D eigenvalue weighted by molar-refractivity contribution is -0.120. The van der Waals surface area contributed by atoms with Crippen LogP contribution in [0, 0.1) is 18.6 Å². The Labute approximate surface area is 188 Å². The van der Waals surface area contributed by atoms with Gasteiger partial charge in [0.1, 0.15) is 18.9 Å². The van der Waals surface area contributed by atoms with Crippen LogP contribution >= 0.6 is 0 Å². The van der Waals surface area contributed by atoms with Gasteiger partial charge in [-0.1, -0.05) is 29.8 Å².